The summed E-state index contributed by atoms with van der Waals surface area (Å²) < 4.78 is 13.1. The highest BCUT2D eigenvalue weighted by Crippen LogP contribution is 2.13. The van der Waals surface area contributed by atoms with Crippen molar-refractivity contribution in [1.29, 1.82) is 0 Å². The van der Waals surface area contributed by atoms with Crippen molar-refractivity contribution in [2.45, 2.75) is 19.3 Å². The number of nitrogens with two attached hydrogens (primary N) is 1. The van der Waals surface area contributed by atoms with Crippen LogP contribution in [0.3, 0.4) is 0 Å². The molecule has 0 bridgehead atoms. The summed E-state index contributed by atoms with van der Waals surface area (Å²) >= 11 is 0. The number of anilines is 1. The van der Waals surface area contributed by atoms with Gasteiger partial charge >= 0.3 is 0 Å². The molecule has 1 aliphatic heterocycles. The van der Waals surface area contributed by atoms with E-state index in [-0.39, 0.29) is 23.7 Å². The first-order valence-electron chi connectivity index (χ1n) is 6.69. The molecular weight excluding hydrogens is 261 g/mol. The van der Waals surface area contributed by atoms with Gasteiger partial charge < -0.3 is 16.0 Å². The monoisotopic (exact) mass is 279 g/mol. The standard InChI is InChI=1S/C14H18FN3O2/c15-10-4-5-12(16)11(8-10)14(20)17-9-13(19)18-6-2-1-3-7-18/h4-5,8H,1-3,6-7,9,16H2,(H,17,20). The van der Waals surface area contributed by atoms with Gasteiger partial charge in [0.25, 0.3) is 5.91 Å². The van der Waals surface area contributed by atoms with E-state index in [1.807, 2.05) is 0 Å². The lowest BCUT2D eigenvalue weighted by atomic mass is 10.1. The summed E-state index contributed by atoms with van der Waals surface area (Å²) in [5.74, 6) is -1.19. The quantitative estimate of drug-likeness (QED) is 0.815. The molecule has 0 aromatic heterocycles. The molecule has 108 valence electrons. The van der Waals surface area contributed by atoms with Gasteiger partial charge in [0, 0.05) is 18.8 Å². The number of hydrogen-bond acceptors (Lipinski definition) is 3. The fourth-order valence-corrected chi connectivity index (χ4v) is 2.23. The first-order chi connectivity index (χ1) is 9.58. The molecule has 1 aliphatic rings. The molecule has 2 rings (SSSR count). The Bertz CT molecular complexity index is 513. The smallest absolute Gasteiger partial charge is 0.253 e. The highest BCUT2D eigenvalue weighted by Gasteiger charge is 2.18. The number of nitrogens with one attached hydrogen (secondary N) is 1. The van der Waals surface area contributed by atoms with Crippen LogP contribution in [0, 0.1) is 5.82 Å². The van der Waals surface area contributed by atoms with Crippen LogP contribution in [0.1, 0.15) is 29.6 Å². The van der Waals surface area contributed by atoms with Crippen LogP contribution in [-0.4, -0.2) is 36.3 Å². The van der Waals surface area contributed by atoms with Crippen molar-refractivity contribution in [1.82, 2.24) is 10.2 Å². The van der Waals surface area contributed by atoms with Crippen LogP contribution < -0.4 is 11.1 Å². The molecule has 6 heteroatoms. The second kappa shape index (κ2) is 6.36. The van der Waals surface area contributed by atoms with E-state index in [0.717, 1.165) is 38.4 Å². The minimum absolute atomic E-state index is 0.0523. The fourth-order valence-electron chi connectivity index (χ4n) is 2.23. The van der Waals surface area contributed by atoms with Gasteiger partial charge in [-0.25, -0.2) is 4.39 Å². The topological polar surface area (TPSA) is 75.4 Å². The maximum atomic E-state index is 13.1. The molecule has 5 nitrogen and oxygen atoms in total. The summed E-state index contributed by atoms with van der Waals surface area (Å²) in [4.78, 5) is 25.5. The van der Waals surface area contributed by atoms with E-state index in [1.165, 1.54) is 12.1 Å². The van der Waals surface area contributed by atoms with Crippen molar-refractivity contribution in [3.63, 3.8) is 0 Å². The number of hydrogen-bond donors (Lipinski definition) is 2. The molecule has 0 atom stereocenters. The Hall–Kier alpha value is -2.11. The molecule has 1 saturated heterocycles. The summed E-state index contributed by atoms with van der Waals surface area (Å²) in [5.41, 5.74) is 5.86. The minimum atomic E-state index is -0.535. The van der Waals surface area contributed by atoms with Crippen molar-refractivity contribution < 1.29 is 14.0 Å². The molecule has 0 aliphatic carbocycles. The zero-order valence-electron chi connectivity index (χ0n) is 11.2. The Balaban J connectivity index is 1.91. The van der Waals surface area contributed by atoms with Gasteiger partial charge in [-0.3, -0.25) is 9.59 Å². The molecule has 0 radical (unpaired) electrons. The lowest BCUT2D eigenvalue weighted by molar-refractivity contribution is -0.130. The second-order valence-corrected chi connectivity index (χ2v) is 4.86. The Morgan fingerprint density at radius 3 is 2.65 bits per heavy atom. The van der Waals surface area contributed by atoms with Crippen LogP contribution in [0.15, 0.2) is 18.2 Å². The predicted octanol–water partition coefficient (Wildman–Crippen LogP) is 1.15. The summed E-state index contributed by atoms with van der Waals surface area (Å²) in [6.07, 6.45) is 3.13. The number of nitrogens with zero attached hydrogens (tertiary/aromatic N) is 1. The van der Waals surface area contributed by atoms with E-state index in [9.17, 15) is 14.0 Å². The number of halogens is 1. The fraction of sp³-hybridized carbons (Fsp3) is 0.429. The third-order valence-electron chi connectivity index (χ3n) is 3.37. The number of benzene rings is 1. The van der Waals surface area contributed by atoms with E-state index >= 15 is 0 Å². The molecular formula is C14H18FN3O2. The molecule has 3 N–H and O–H groups in total. The van der Waals surface area contributed by atoms with Gasteiger partial charge in [0.1, 0.15) is 5.82 Å². The van der Waals surface area contributed by atoms with Crippen molar-refractivity contribution in [2.24, 2.45) is 0 Å². The van der Waals surface area contributed by atoms with E-state index in [0.29, 0.717) is 0 Å². The molecule has 1 aromatic rings. The minimum Gasteiger partial charge on any atom is -0.398 e. The Morgan fingerprint density at radius 1 is 1.25 bits per heavy atom. The SMILES string of the molecule is Nc1ccc(F)cc1C(=O)NCC(=O)N1CCCCC1. The van der Waals surface area contributed by atoms with Crippen molar-refractivity contribution in [3.8, 4) is 0 Å². The molecule has 20 heavy (non-hydrogen) atoms. The van der Waals surface area contributed by atoms with E-state index < -0.39 is 11.7 Å². The van der Waals surface area contributed by atoms with Crippen LogP contribution in [0.25, 0.3) is 0 Å². The van der Waals surface area contributed by atoms with E-state index in [1.54, 1.807) is 4.90 Å². The summed E-state index contributed by atoms with van der Waals surface area (Å²) in [5, 5.41) is 2.49. The molecule has 2 amide bonds. The van der Waals surface area contributed by atoms with Gasteiger partial charge in [0.2, 0.25) is 5.91 Å². The van der Waals surface area contributed by atoms with E-state index in [2.05, 4.69) is 5.32 Å². The largest absolute Gasteiger partial charge is 0.398 e. The summed E-state index contributed by atoms with van der Waals surface area (Å²) in [6, 6.07) is 3.58. The van der Waals surface area contributed by atoms with Gasteiger partial charge in [-0.05, 0) is 37.5 Å². The number of rotatable bonds is 3. The van der Waals surface area contributed by atoms with E-state index in [4.69, 9.17) is 5.73 Å². The number of likely N-dealkylation sites (tertiary alicyclic amines) is 1. The van der Waals surface area contributed by atoms with Crippen LogP contribution in [0.5, 0.6) is 0 Å². The first kappa shape index (κ1) is 14.3. The average molecular weight is 279 g/mol. The maximum absolute atomic E-state index is 13.1. The summed E-state index contributed by atoms with van der Waals surface area (Å²) in [7, 11) is 0. The van der Waals surface area contributed by atoms with Crippen LogP contribution in [0.4, 0.5) is 10.1 Å². The maximum Gasteiger partial charge on any atom is 0.253 e. The predicted molar refractivity (Wildman–Crippen MR) is 73.6 cm³/mol. The molecule has 1 fully saturated rings. The third kappa shape index (κ3) is 3.46. The zero-order chi connectivity index (χ0) is 14.5. The lowest BCUT2D eigenvalue weighted by Gasteiger charge is -2.26. The van der Waals surface area contributed by atoms with Gasteiger partial charge in [-0.15, -0.1) is 0 Å². The highest BCUT2D eigenvalue weighted by molar-refractivity contribution is 6.00. The van der Waals surface area contributed by atoms with Gasteiger partial charge in [0.05, 0.1) is 12.1 Å². The Morgan fingerprint density at radius 2 is 1.95 bits per heavy atom. The van der Waals surface area contributed by atoms with Crippen molar-refractivity contribution in [2.75, 3.05) is 25.4 Å². The zero-order valence-corrected chi connectivity index (χ0v) is 11.2. The van der Waals surface area contributed by atoms with Gasteiger partial charge in [0.15, 0.2) is 0 Å². The first-order valence-corrected chi connectivity index (χ1v) is 6.69. The number of carbonyl (C=O) groups is 2. The Labute approximate surface area is 116 Å². The molecule has 1 aromatic carbocycles. The van der Waals surface area contributed by atoms with Crippen molar-refractivity contribution >= 4 is 17.5 Å². The molecule has 0 unspecified atom stereocenters. The van der Waals surface area contributed by atoms with Gasteiger partial charge in [-0.1, -0.05) is 0 Å². The molecule has 0 spiro atoms. The third-order valence-corrected chi connectivity index (χ3v) is 3.37. The number of amides is 2. The van der Waals surface area contributed by atoms with Crippen LogP contribution >= 0.6 is 0 Å². The van der Waals surface area contributed by atoms with Gasteiger partial charge in [-0.2, -0.15) is 0 Å². The van der Waals surface area contributed by atoms with Crippen LogP contribution in [-0.2, 0) is 4.79 Å². The number of piperidine rings is 1. The second-order valence-electron chi connectivity index (χ2n) is 4.86. The molecule has 1 heterocycles. The Kier molecular flexibility index (Phi) is 4.55. The highest BCUT2D eigenvalue weighted by atomic mass is 19.1. The summed E-state index contributed by atoms with van der Waals surface area (Å²) in [6.45, 7) is 1.38. The van der Waals surface area contributed by atoms with Crippen molar-refractivity contribution in [3.05, 3.63) is 29.6 Å². The lowest BCUT2D eigenvalue weighted by Crippen LogP contribution is -2.42. The number of carbonyl (C=O) groups excluding carboxylic acids is 2. The van der Waals surface area contributed by atoms with Crippen LogP contribution in [0.2, 0.25) is 0 Å². The normalized spacial score (nSPS) is 14.9. The average Bonchev–Trinajstić information content (AvgIpc) is 2.47. The molecule has 0 saturated carbocycles. The number of nitrogen functional groups attached to an aromatic ring is 1.